The van der Waals surface area contributed by atoms with E-state index in [0.717, 1.165) is 35.7 Å². The number of nitrogens with zero attached hydrogens (tertiary/aromatic N) is 1. The highest BCUT2D eigenvalue weighted by atomic mass is 19.1. The predicted octanol–water partition coefficient (Wildman–Crippen LogP) is 3.48. The lowest BCUT2D eigenvalue weighted by Gasteiger charge is -2.30. The Morgan fingerprint density at radius 2 is 1.81 bits per heavy atom. The normalized spacial score (nSPS) is 13.8. The highest BCUT2D eigenvalue weighted by Gasteiger charge is 2.27. The second-order valence-corrected chi connectivity index (χ2v) is 8.64. The molecule has 0 spiro atoms. The molecule has 0 heterocycles. The van der Waals surface area contributed by atoms with Gasteiger partial charge in [-0.25, -0.2) is 13.6 Å². The van der Waals surface area contributed by atoms with Crippen LogP contribution in [-0.2, 0) is 28.9 Å². The van der Waals surface area contributed by atoms with E-state index < -0.39 is 41.8 Å². The van der Waals surface area contributed by atoms with E-state index >= 15 is 0 Å². The number of carbonyl (C=O) groups excluding carboxylic acids is 2. The predicted molar refractivity (Wildman–Crippen MR) is 134 cm³/mol. The first-order chi connectivity index (χ1) is 17.1. The molecular weight excluding hydrogens is 468 g/mol. The van der Waals surface area contributed by atoms with Crippen LogP contribution in [0.4, 0.5) is 13.6 Å². The van der Waals surface area contributed by atoms with Crippen molar-refractivity contribution in [1.29, 1.82) is 0 Å². The van der Waals surface area contributed by atoms with E-state index in [1.165, 1.54) is 11.8 Å². The minimum Gasteiger partial charge on any atom is -0.445 e. The van der Waals surface area contributed by atoms with Crippen molar-refractivity contribution in [3.8, 4) is 0 Å². The molecular formula is C27H35F2N3O4. The minimum atomic E-state index is -1.19. The fourth-order valence-electron chi connectivity index (χ4n) is 3.67. The molecule has 2 aromatic carbocycles. The molecule has 0 fully saturated rings. The maximum Gasteiger partial charge on any atom is 0.408 e. The lowest BCUT2D eigenvalue weighted by molar-refractivity contribution is -0.135. The summed E-state index contributed by atoms with van der Waals surface area (Å²) in [4.78, 5) is 26.7. The van der Waals surface area contributed by atoms with Gasteiger partial charge in [0.15, 0.2) is 0 Å². The van der Waals surface area contributed by atoms with E-state index in [1.54, 1.807) is 19.1 Å². The first-order valence-corrected chi connectivity index (χ1v) is 11.9. The summed E-state index contributed by atoms with van der Waals surface area (Å²) < 4.78 is 32.1. The van der Waals surface area contributed by atoms with Crippen molar-refractivity contribution in [2.75, 3.05) is 13.2 Å². The number of ether oxygens (including phenoxy) is 1. The summed E-state index contributed by atoms with van der Waals surface area (Å²) in [5.74, 6) is -1.91. The van der Waals surface area contributed by atoms with E-state index in [-0.39, 0.29) is 26.1 Å². The van der Waals surface area contributed by atoms with Gasteiger partial charge in [0.1, 0.15) is 24.3 Å². The summed E-state index contributed by atoms with van der Waals surface area (Å²) in [6.07, 6.45) is 2.28. The second-order valence-electron chi connectivity index (χ2n) is 8.64. The van der Waals surface area contributed by atoms with Crippen molar-refractivity contribution in [2.24, 2.45) is 5.73 Å². The van der Waals surface area contributed by atoms with Crippen molar-refractivity contribution in [2.45, 2.75) is 58.3 Å². The molecule has 2 aromatic rings. The maximum absolute atomic E-state index is 13.5. The van der Waals surface area contributed by atoms with E-state index in [2.05, 4.69) is 5.32 Å². The number of hydrogen-bond acceptors (Lipinski definition) is 5. The smallest absolute Gasteiger partial charge is 0.408 e. The Kier molecular flexibility index (Phi) is 11.5. The summed E-state index contributed by atoms with van der Waals surface area (Å²) >= 11 is 0. The van der Waals surface area contributed by atoms with Crippen molar-refractivity contribution in [1.82, 2.24) is 10.2 Å². The topological polar surface area (TPSA) is 105 Å². The van der Waals surface area contributed by atoms with Gasteiger partial charge in [-0.2, -0.15) is 0 Å². The van der Waals surface area contributed by atoms with Gasteiger partial charge in [-0.1, -0.05) is 43.3 Å². The molecule has 4 N–H and O–H groups in total. The van der Waals surface area contributed by atoms with Gasteiger partial charge in [-0.05, 0) is 55.5 Å². The molecule has 0 aliphatic rings. The van der Waals surface area contributed by atoms with Crippen LogP contribution in [0.15, 0.2) is 54.6 Å². The van der Waals surface area contributed by atoms with Crippen LogP contribution in [0.1, 0.15) is 37.5 Å². The number of amides is 2. The van der Waals surface area contributed by atoms with Crippen molar-refractivity contribution < 1.29 is 28.2 Å². The average Bonchev–Trinajstić information content (AvgIpc) is 2.82. The lowest BCUT2D eigenvalue weighted by atomic mass is 10.0. The Morgan fingerprint density at radius 3 is 2.44 bits per heavy atom. The first kappa shape index (κ1) is 28.9. The van der Waals surface area contributed by atoms with Gasteiger partial charge < -0.3 is 25.8 Å². The standard InChI is InChI=1S/C27H35F2N3O4/c1-4-6-10-36-27(35)31-18(3)26(34)32(16-20-9-7-8-19(5-2)11-20)17-25(33)24(30)14-21-12-22(28)15-23(29)13-21/h4,6-9,11-13,15,18,24-25,33H,5,10,14,16-17,30H2,1-3H3,(H,31,35)/b6-4+/t18-,24+,25-/m1/s1. The number of aryl methyl sites for hydroxylation is 1. The van der Waals surface area contributed by atoms with E-state index in [4.69, 9.17) is 10.5 Å². The summed E-state index contributed by atoms with van der Waals surface area (Å²) in [7, 11) is 0. The van der Waals surface area contributed by atoms with E-state index in [9.17, 15) is 23.5 Å². The third kappa shape index (κ3) is 9.39. The second kappa shape index (κ2) is 14.3. The molecule has 0 radical (unpaired) electrons. The van der Waals surface area contributed by atoms with Crippen molar-refractivity contribution in [3.63, 3.8) is 0 Å². The first-order valence-electron chi connectivity index (χ1n) is 11.9. The van der Waals surface area contributed by atoms with Gasteiger partial charge in [0, 0.05) is 25.2 Å². The summed E-state index contributed by atoms with van der Waals surface area (Å²) in [6.45, 7) is 5.44. The molecule has 0 bridgehead atoms. The van der Waals surface area contributed by atoms with Gasteiger partial charge in [0.05, 0.1) is 6.10 Å². The van der Waals surface area contributed by atoms with Crippen LogP contribution >= 0.6 is 0 Å². The molecule has 0 saturated carbocycles. The number of nitrogens with one attached hydrogen (secondary N) is 1. The molecule has 0 aliphatic heterocycles. The van der Waals surface area contributed by atoms with Gasteiger partial charge in [0.25, 0.3) is 0 Å². The third-order valence-corrected chi connectivity index (χ3v) is 5.63. The number of rotatable bonds is 12. The Balaban J connectivity index is 2.15. The zero-order chi connectivity index (χ0) is 26.7. The van der Waals surface area contributed by atoms with Crippen LogP contribution < -0.4 is 11.1 Å². The number of aliphatic hydroxyl groups is 1. The average molecular weight is 504 g/mol. The minimum absolute atomic E-state index is 0.00821. The number of allylic oxidation sites excluding steroid dienone is 1. The van der Waals surface area contributed by atoms with Gasteiger partial charge >= 0.3 is 6.09 Å². The molecule has 9 heteroatoms. The Hall–Kier alpha value is -3.30. The summed E-state index contributed by atoms with van der Waals surface area (Å²) in [6, 6.07) is 8.93. The molecule has 36 heavy (non-hydrogen) atoms. The van der Waals surface area contributed by atoms with E-state index in [0.29, 0.717) is 5.56 Å². The lowest BCUT2D eigenvalue weighted by Crippen LogP contribution is -2.51. The third-order valence-electron chi connectivity index (χ3n) is 5.63. The van der Waals surface area contributed by atoms with Crippen molar-refractivity contribution in [3.05, 3.63) is 82.9 Å². The van der Waals surface area contributed by atoms with E-state index in [1.807, 2.05) is 31.2 Å². The number of alkyl carbamates (subject to hydrolysis) is 1. The molecule has 2 amide bonds. The van der Waals surface area contributed by atoms with Crippen LogP contribution in [0, 0.1) is 11.6 Å². The number of hydrogen-bond donors (Lipinski definition) is 3. The molecule has 7 nitrogen and oxygen atoms in total. The maximum atomic E-state index is 13.5. The quantitative estimate of drug-likeness (QED) is 0.385. The Labute approximate surface area is 210 Å². The van der Waals surface area contributed by atoms with Crippen LogP contribution in [-0.4, -0.2) is 53.3 Å². The number of nitrogens with two attached hydrogens (primary N) is 1. The Morgan fingerprint density at radius 1 is 1.14 bits per heavy atom. The van der Waals surface area contributed by atoms with Crippen LogP contribution in [0.25, 0.3) is 0 Å². The largest absolute Gasteiger partial charge is 0.445 e. The number of benzene rings is 2. The van der Waals surface area contributed by atoms with Crippen LogP contribution in [0.2, 0.25) is 0 Å². The molecule has 0 saturated heterocycles. The monoisotopic (exact) mass is 503 g/mol. The highest BCUT2D eigenvalue weighted by molar-refractivity contribution is 5.85. The van der Waals surface area contributed by atoms with Gasteiger partial charge in [-0.3, -0.25) is 4.79 Å². The molecule has 3 atom stereocenters. The zero-order valence-electron chi connectivity index (χ0n) is 20.9. The van der Waals surface area contributed by atoms with Crippen molar-refractivity contribution >= 4 is 12.0 Å². The van der Waals surface area contributed by atoms with Crippen LogP contribution in [0.3, 0.4) is 0 Å². The van der Waals surface area contributed by atoms with Gasteiger partial charge in [-0.15, -0.1) is 0 Å². The SMILES string of the molecule is C/C=C/COC(=O)N[C@H](C)C(=O)N(Cc1cccc(CC)c1)C[C@@H](O)[C@@H](N)Cc1cc(F)cc(F)c1. The zero-order valence-corrected chi connectivity index (χ0v) is 20.9. The number of carbonyl (C=O) groups is 2. The number of aliphatic hydroxyl groups excluding tert-OH is 1. The highest BCUT2D eigenvalue weighted by Crippen LogP contribution is 2.14. The molecule has 196 valence electrons. The van der Waals surface area contributed by atoms with Gasteiger partial charge in [0.2, 0.25) is 5.91 Å². The summed E-state index contributed by atoms with van der Waals surface area (Å²) in [5.41, 5.74) is 8.36. The molecule has 2 rings (SSSR count). The molecule has 0 aliphatic carbocycles. The van der Waals surface area contributed by atoms with Crippen LogP contribution in [0.5, 0.6) is 0 Å². The summed E-state index contributed by atoms with van der Waals surface area (Å²) in [5, 5.41) is 13.3. The molecule has 0 unspecified atom stereocenters. The fraction of sp³-hybridized carbons (Fsp3) is 0.407. The number of halogens is 2. The Bertz CT molecular complexity index is 1030. The molecule has 0 aromatic heterocycles. The fourth-order valence-corrected chi connectivity index (χ4v) is 3.67.